The van der Waals surface area contributed by atoms with E-state index >= 15 is 0 Å². The third-order valence-corrected chi connectivity index (χ3v) is 8.99. The number of hydrogen-bond acceptors (Lipinski definition) is 6. The Morgan fingerprint density at radius 2 is 1.94 bits per heavy atom. The summed E-state index contributed by atoms with van der Waals surface area (Å²) in [5, 5.41) is 10.8. The Bertz CT molecular complexity index is 1420. The topological polar surface area (TPSA) is 110 Å². The number of halogens is 1. The maximum atomic E-state index is 14.8. The molecule has 1 N–H and O–H groups in total. The van der Waals surface area contributed by atoms with E-state index in [1.165, 1.54) is 16.4 Å². The fourth-order valence-electron chi connectivity index (χ4n) is 4.67. The fourth-order valence-corrected chi connectivity index (χ4v) is 6.49. The smallest absolute Gasteiger partial charge is 0.259 e. The molecule has 0 bridgehead atoms. The van der Waals surface area contributed by atoms with Crippen LogP contribution in [0.3, 0.4) is 0 Å². The van der Waals surface area contributed by atoms with Crippen LogP contribution in [0.2, 0.25) is 0 Å². The van der Waals surface area contributed by atoms with Crippen molar-refractivity contribution >= 4 is 21.7 Å². The van der Waals surface area contributed by atoms with Gasteiger partial charge in [-0.1, -0.05) is 6.07 Å². The minimum atomic E-state index is -3.34. The van der Waals surface area contributed by atoms with Crippen LogP contribution in [-0.2, 0) is 36.0 Å². The van der Waals surface area contributed by atoms with Gasteiger partial charge in [0.15, 0.2) is 5.82 Å². The number of nitrogens with zero attached hydrogens (tertiary/aromatic N) is 5. The predicted molar refractivity (Wildman–Crippen MR) is 122 cm³/mol. The van der Waals surface area contributed by atoms with Gasteiger partial charge in [-0.15, -0.1) is 10.2 Å². The normalized spacial score (nSPS) is 17.9. The highest BCUT2D eigenvalue weighted by Gasteiger charge is 2.41. The van der Waals surface area contributed by atoms with Gasteiger partial charge < -0.3 is 9.88 Å². The lowest BCUT2D eigenvalue weighted by atomic mass is 9.97. The molecule has 1 saturated carbocycles. The third kappa shape index (κ3) is 3.68. The van der Waals surface area contributed by atoms with E-state index in [4.69, 9.17) is 0 Å². The molecule has 2 aliphatic heterocycles. The molecule has 3 aliphatic rings. The molecule has 9 nitrogen and oxygen atoms in total. The van der Waals surface area contributed by atoms with E-state index in [0.29, 0.717) is 42.9 Å². The number of pyridine rings is 1. The molecule has 11 heteroatoms. The first-order chi connectivity index (χ1) is 16.4. The van der Waals surface area contributed by atoms with E-state index in [1.54, 1.807) is 18.2 Å². The Labute approximate surface area is 196 Å². The van der Waals surface area contributed by atoms with Gasteiger partial charge in [0.25, 0.3) is 5.91 Å². The van der Waals surface area contributed by atoms with Crippen LogP contribution in [0.5, 0.6) is 0 Å². The number of fused-ring (bicyclic) bond motifs is 2. The molecule has 0 atom stereocenters. The second-order valence-electron chi connectivity index (χ2n) is 8.99. The maximum Gasteiger partial charge on any atom is 0.259 e. The molecular formula is C23H23FN6O3S. The second kappa shape index (κ2) is 7.95. The standard InChI is InChI=1S/C23H23FN6O3S/c24-18-12-14-8-10-29(34(32,33)16-6-7-16)13-15(14)11-17(18)23(31)26-20-4-1-3-19(25-20)22-28-27-21-5-2-9-30(21)22/h1,3-4,11-12,16H,2,5-10,13H2,(H,25,26,31). The molecular weight excluding hydrogens is 459 g/mol. The first-order valence-electron chi connectivity index (χ1n) is 11.4. The summed E-state index contributed by atoms with van der Waals surface area (Å²) in [4.78, 5) is 17.4. The van der Waals surface area contributed by atoms with Crippen LogP contribution in [0.4, 0.5) is 10.2 Å². The molecule has 176 valence electrons. The van der Waals surface area contributed by atoms with Crippen molar-refractivity contribution in [2.45, 2.75) is 50.4 Å². The van der Waals surface area contributed by atoms with Gasteiger partial charge in [0, 0.05) is 26.1 Å². The van der Waals surface area contributed by atoms with Crippen LogP contribution in [0, 0.1) is 5.82 Å². The molecule has 1 aromatic carbocycles. The zero-order valence-electron chi connectivity index (χ0n) is 18.4. The van der Waals surface area contributed by atoms with E-state index in [0.717, 1.165) is 30.8 Å². The van der Waals surface area contributed by atoms with Gasteiger partial charge in [-0.3, -0.25) is 4.79 Å². The van der Waals surface area contributed by atoms with Gasteiger partial charge in [-0.05, 0) is 61.1 Å². The highest BCUT2D eigenvalue weighted by molar-refractivity contribution is 7.90. The molecule has 0 spiro atoms. The van der Waals surface area contributed by atoms with Crippen LogP contribution in [0.1, 0.15) is 46.6 Å². The van der Waals surface area contributed by atoms with Gasteiger partial charge in [0.05, 0.1) is 10.8 Å². The summed E-state index contributed by atoms with van der Waals surface area (Å²) in [7, 11) is -3.34. The molecule has 2 aromatic heterocycles. The molecule has 1 aliphatic carbocycles. The second-order valence-corrected chi connectivity index (χ2v) is 11.2. The molecule has 34 heavy (non-hydrogen) atoms. The molecule has 6 rings (SSSR count). The Morgan fingerprint density at radius 3 is 2.76 bits per heavy atom. The van der Waals surface area contributed by atoms with E-state index in [2.05, 4.69) is 20.5 Å². The molecule has 1 fully saturated rings. The minimum Gasteiger partial charge on any atom is -0.310 e. The minimum absolute atomic E-state index is 0.139. The van der Waals surface area contributed by atoms with Crippen molar-refractivity contribution < 1.29 is 17.6 Å². The van der Waals surface area contributed by atoms with Crippen LogP contribution in [0.15, 0.2) is 30.3 Å². The molecule has 4 heterocycles. The number of amides is 1. The summed E-state index contributed by atoms with van der Waals surface area (Å²) in [6.45, 7) is 1.31. The number of aryl methyl sites for hydroxylation is 1. The van der Waals surface area contributed by atoms with Crippen LogP contribution >= 0.6 is 0 Å². The summed E-state index contributed by atoms with van der Waals surface area (Å²) in [6, 6.07) is 7.97. The van der Waals surface area contributed by atoms with Crippen LogP contribution in [-0.4, -0.2) is 50.2 Å². The third-order valence-electron chi connectivity index (χ3n) is 6.65. The summed E-state index contributed by atoms with van der Waals surface area (Å²) < 4.78 is 43.6. The van der Waals surface area contributed by atoms with Crippen molar-refractivity contribution in [3.05, 3.63) is 58.7 Å². The number of aromatic nitrogens is 4. The average molecular weight is 483 g/mol. The van der Waals surface area contributed by atoms with Gasteiger partial charge in [-0.2, -0.15) is 4.31 Å². The molecule has 1 amide bonds. The van der Waals surface area contributed by atoms with Crippen molar-refractivity contribution in [2.75, 3.05) is 11.9 Å². The van der Waals surface area contributed by atoms with Crippen molar-refractivity contribution in [1.82, 2.24) is 24.1 Å². The number of benzene rings is 1. The first-order valence-corrected chi connectivity index (χ1v) is 12.9. The lowest BCUT2D eigenvalue weighted by Crippen LogP contribution is -2.38. The number of carbonyl (C=O) groups is 1. The SMILES string of the molecule is O=C(Nc1cccc(-c2nnc3n2CCC3)n1)c1cc2c(cc1F)CCN(S(=O)(=O)C1CC1)C2. The van der Waals surface area contributed by atoms with E-state index in [9.17, 15) is 17.6 Å². The fraction of sp³-hybridized carbons (Fsp3) is 0.391. The number of anilines is 1. The van der Waals surface area contributed by atoms with Crippen LogP contribution < -0.4 is 5.32 Å². The van der Waals surface area contributed by atoms with Gasteiger partial charge >= 0.3 is 0 Å². The van der Waals surface area contributed by atoms with Gasteiger partial charge in [0.1, 0.15) is 23.2 Å². The summed E-state index contributed by atoms with van der Waals surface area (Å²) in [6.07, 6.45) is 3.68. The maximum absolute atomic E-state index is 14.8. The van der Waals surface area contributed by atoms with Crippen molar-refractivity contribution in [1.29, 1.82) is 0 Å². The highest BCUT2D eigenvalue weighted by atomic mass is 32.2. The predicted octanol–water partition coefficient (Wildman–Crippen LogP) is 2.53. The number of carbonyl (C=O) groups excluding carboxylic acids is 1. The Kier molecular flexibility index (Phi) is 4.99. The quantitative estimate of drug-likeness (QED) is 0.599. The largest absolute Gasteiger partial charge is 0.310 e. The highest BCUT2D eigenvalue weighted by Crippen LogP contribution is 2.34. The van der Waals surface area contributed by atoms with E-state index in [1.807, 2.05) is 4.57 Å². The molecule has 0 unspecified atom stereocenters. The van der Waals surface area contributed by atoms with E-state index in [-0.39, 0.29) is 23.2 Å². The zero-order chi connectivity index (χ0) is 23.4. The number of rotatable bonds is 5. The van der Waals surface area contributed by atoms with Crippen molar-refractivity contribution in [3.8, 4) is 11.5 Å². The lowest BCUT2D eigenvalue weighted by molar-refractivity contribution is 0.102. The first kappa shape index (κ1) is 21.4. The summed E-state index contributed by atoms with van der Waals surface area (Å²) >= 11 is 0. The molecule has 0 radical (unpaired) electrons. The number of hydrogen-bond donors (Lipinski definition) is 1. The average Bonchev–Trinajstić information content (AvgIpc) is 3.46. The Morgan fingerprint density at radius 1 is 1.09 bits per heavy atom. The Hall–Kier alpha value is -3.18. The van der Waals surface area contributed by atoms with E-state index < -0.39 is 21.7 Å². The van der Waals surface area contributed by atoms with Gasteiger partial charge in [0.2, 0.25) is 10.0 Å². The van der Waals surface area contributed by atoms with Crippen LogP contribution in [0.25, 0.3) is 11.5 Å². The number of sulfonamides is 1. The van der Waals surface area contributed by atoms with Crippen molar-refractivity contribution in [2.24, 2.45) is 0 Å². The van der Waals surface area contributed by atoms with Gasteiger partial charge in [-0.25, -0.2) is 17.8 Å². The summed E-state index contributed by atoms with van der Waals surface area (Å²) in [5.74, 6) is 0.549. The monoisotopic (exact) mass is 482 g/mol. The summed E-state index contributed by atoms with van der Waals surface area (Å²) in [5.41, 5.74) is 1.82. The Balaban J connectivity index is 1.24. The molecule has 3 aromatic rings. The molecule has 0 saturated heterocycles. The number of nitrogens with one attached hydrogen (secondary N) is 1. The zero-order valence-corrected chi connectivity index (χ0v) is 19.2. The lowest BCUT2D eigenvalue weighted by Gasteiger charge is -2.28. The van der Waals surface area contributed by atoms with Crippen molar-refractivity contribution in [3.63, 3.8) is 0 Å².